The van der Waals surface area contributed by atoms with Crippen molar-refractivity contribution in [2.24, 2.45) is 0 Å². The van der Waals surface area contributed by atoms with Crippen molar-refractivity contribution in [3.63, 3.8) is 0 Å². The number of Topliss-reactive ketones (excluding diaryl/α,β-unsaturated/α-hetero) is 1. The normalized spacial score (nSPS) is 41.4. The van der Waals surface area contributed by atoms with E-state index in [2.05, 4.69) is 0 Å². The number of aromatic hydroxyl groups is 2. The van der Waals surface area contributed by atoms with Crippen molar-refractivity contribution in [3.05, 3.63) is 47.5 Å². The summed E-state index contributed by atoms with van der Waals surface area (Å²) in [5.41, 5.74) is 0.446. The third-order valence-corrected chi connectivity index (χ3v) is 9.47. The molecule has 3 fully saturated rings. The summed E-state index contributed by atoms with van der Waals surface area (Å²) in [6.45, 7) is 2.27. The van der Waals surface area contributed by atoms with Crippen LogP contribution in [0.2, 0.25) is 0 Å². The zero-order valence-corrected chi connectivity index (χ0v) is 27.4. The van der Waals surface area contributed by atoms with Crippen molar-refractivity contribution >= 4 is 5.78 Å². The molecule has 4 heterocycles. The number of phenolic OH excluding ortho intramolecular Hbond substituents is 2. The number of hydrogen-bond donors (Lipinski definition) is 10. The zero-order chi connectivity index (χ0) is 36.9. The van der Waals surface area contributed by atoms with Gasteiger partial charge in [-0.05, 0) is 31.5 Å². The van der Waals surface area contributed by atoms with Crippen LogP contribution in [-0.4, -0.2) is 156 Å². The molecule has 0 spiro atoms. The number of carbonyl (C=O) groups is 1. The summed E-state index contributed by atoms with van der Waals surface area (Å²) in [6, 6.07) is 8.36. The van der Waals surface area contributed by atoms with Gasteiger partial charge in [0.2, 0.25) is 6.29 Å². The minimum atomic E-state index is -1.88. The van der Waals surface area contributed by atoms with Crippen LogP contribution < -0.4 is 9.47 Å². The topological polar surface area (TPSA) is 284 Å². The fourth-order valence-corrected chi connectivity index (χ4v) is 6.40. The number of phenols is 2. The highest BCUT2D eigenvalue weighted by Crippen LogP contribution is 2.43. The predicted molar refractivity (Wildman–Crippen MR) is 165 cm³/mol. The van der Waals surface area contributed by atoms with Gasteiger partial charge in [0.05, 0.1) is 25.2 Å². The average molecular weight is 727 g/mol. The molecule has 16 unspecified atom stereocenters. The standard InChI is InChI=1S/C33H42O18/c1-11-22(37)25(40)28(43)31(46-11)45-10-20-24(39)27(42)30(51-32-29(44)26(41)23(38)12(2)47-32)33(50-20)48-15-7-16(35)21-17(36)9-18(49-19(21)8-15)13-3-5-14(34)6-4-13/h3-8,11-12,18,20,22-35,37-44H,9-10H2,1-2H3. The molecule has 282 valence electrons. The van der Waals surface area contributed by atoms with Crippen LogP contribution in [0.4, 0.5) is 0 Å². The van der Waals surface area contributed by atoms with Gasteiger partial charge in [-0.15, -0.1) is 0 Å². The van der Waals surface area contributed by atoms with Crippen LogP contribution >= 0.6 is 0 Å². The first-order valence-corrected chi connectivity index (χ1v) is 16.3. The van der Waals surface area contributed by atoms with Crippen LogP contribution in [0, 0.1) is 0 Å². The Kier molecular flexibility index (Phi) is 11.1. The van der Waals surface area contributed by atoms with Crippen molar-refractivity contribution in [3.8, 4) is 23.0 Å². The molecule has 4 aliphatic heterocycles. The number of benzene rings is 2. The number of rotatable bonds is 8. The molecule has 3 saturated heterocycles. The summed E-state index contributed by atoms with van der Waals surface area (Å²) in [6.07, 6.45) is -24.2. The number of aliphatic hydroxyl groups excluding tert-OH is 8. The summed E-state index contributed by atoms with van der Waals surface area (Å²) < 4.78 is 40.3. The first-order chi connectivity index (χ1) is 24.1. The smallest absolute Gasteiger partial charge is 0.229 e. The Balaban J connectivity index is 1.26. The highest BCUT2D eigenvalue weighted by Gasteiger charge is 2.52. The van der Waals surface area contributed by atoms with Gasteiger partial charge in [0.25, 0.3) is 0 Å². The van der Waals surface area contributed by atoms with E-state index in [1.807, 2.05) is 0 Å². The fourth-order valence-electron chi connectivity index (χ4n) is 6.40. The van der Waals surface area contributed by atoms with Crippen LogP contribution in [0.3, 0.4) is 0 Å². The first-order valence-electron chi connectivity index (χ1n) is 16.3. The Morgan fingerprint density at radius 3 is 1.96 bits per heavy atom. The minimum Gasteiger partial charge on any atom is -0.508 e. The Bertz CT molecular complexity index is 1520. The third kappa shape index (κ3) is 7.51. The number of ketones is 1. The van der Waals surface area contributed by atoms with Crippen molar-refractivity contribution in [1.82, 2.24) is 0 Å². The quantitative estimate of drug-likeness (QED) is 0.137. The molecular formula is C33H42O18. The first kappa shape index (κ1) is 37.5. The molecular weight excluding hydrogens is 684 g/mol. The van der Waals surface area contributed by atoms with Gasteiger partial charge >= 0.3 is 0 Å². The highest BCUT2D eigenvalue weighted by atomic mass is 16.8. The minimum absolute atomic E-state index is 0.00886. The number of carbonyl (C=O) groups excluding carboxylic acids is 1. The lowest BCUT2D eigenvalue weighted by Gasteiger charge is -2.46. The Morgan fingerprint density at radius 2 is 1.31 bits per heavy atom. The molecule has 6 rings (SSSR count). The lowest BCUT2D eigenvalue weighted by Crippen LogP contribution is -2.65. The van der Waals surface area contributed by atoms with Gasteiger partial charge < -0.3 is 84.2 Å². The Hall–Kier alpha value is -3.21. The molecule has 0 radical (unpaired) electrons. The summed E-state index contributed by atoms with van der Waals surface area (Å²) in [4.78, 5) is 13.1. The van der Waals surface area contributed by atoms with E-state index >= 15 is 0 Å². The highest BCUT2D eigenvalue weighted by molar-refractivity contribution is 6.02. The summed E-state index contributed by atoms with van der Waals surface area (Å²) in [7, 11) is 0. The van der Waals surface area contributed by atoms with Gasteiger partial charge in [-0.2, -0.15) is 0 Å². The maximum absolute atomic E-state index is 13.1. The molecule has 18 nitrogen and oxygen atoms in total. The van der Waals surface area contributed by atoms with Crippen molar-refractivity contribution < 1.29 is 89.0 Å². The number of fused-ring (bicyclic) bond motifs is 1. The van der Waals surface area contributed by atoms with Crippen LogP contribution in [0.1, 0.15) is 42.3 Å². The van der Waals surface area contributed by atoms with E-state index in [-0.39, 0.29) is 29.2 Å². The summed E-state index contributed by atoms with van der Waals surface area (Å²) in [5.74, 6) is -1.18. The van der Waals surface area contributed by atoms with E-state index in [9.17, 15) is 55.9 Å². The largest absolute Gasteiger partial charge is 0.508 e. The SMILES string of the molecule is CC1OC(OCC2OC(Oc3cc(O)c4c(c3)OC(c3ccc(O)cc3)CC4=O)C(OC3OC(C)C(O)C(O)C3O)C(O)C2O)C(O)C(O)C1O. The summed E-state index contributed by atoms with van der Waals surface area (Å²) in [5, 5.41) is 104. The average Bonchev–Trinajstić information content (AvgIpc) is 3.09. The molecule has 0 saturated carbocycles. The van der Waals surface area contributed by atoms with Crippen molar-refractivity contribution in [2.75, 3.05) is 6.61 Å². The number of aliphatic hydroxyl groups is 8. The Labute approximate surface area is 290 Å². The second-order valence-electron chi connectivity index (χ2n) is 13.1. The molecule has 0 bridgehead atoms. The molecule has 16 atom stereocenters. The van der Waals surface area contributed by atoms with Gasteiger partial charge in [-0.3, -0.25) is 4.79 Å². The molecule has 18 heteroatoms. The van der Waals surface area contributed by atoms with E-state index < -0.39 is 116 Å². The molecule has 10 N–H and O–H groups in total. The monoisotopic (exact) mass is 726 g/mol. The van der Waals surface area contributed by atoms with Crippen LogP contribution in [0.15, 0.2) is 36.4 Å². The molecule has 0 aliphatic carbocycles. The van der Waals surface area contributed by atoms with Gasteiger partial charge in [-0.1, -0.05) is 12.1 Å². The molecule has 51 heavy (non-hydrogen) atoms. The Morgan fingerprint density at radius 1 is 0.706 bits per heavy atom. The third-order valence-electron chi connectivity index (χ3n) is 9.47. The van der Waals surface area contributed by atoms with Gasteiger partial charge in [0.1, 0.15) is 89.6 Å². The maximum Gasteiger partial charge on any atom is 0.229 e. The van der Waals surface area contributed by atoms with E-state index in [4.69, 9.17) is 33.2 Å². The van der Waals surface area contributed by atoms with Crippen molar-refractivity contribution in [1.29, 1.82) is 0 Å². The van der Waals surface area contributed by atoms with Crippen LogP contribution in [-0.2, 0) is 23.7 Å². The number of ether oxygens (including phenoxy) is 7. The summed E-state index contributed by atoms with van der Waals surface area (Å²) >= 11 is 0. The molecule has 2 aromatic carbocycles. The van der Waals surface area contributed by atoms with Gasteiger partial charge in [0, 0.05) is 12.1 Å². The lowest BCUT2D eigenvalue weighted by molar-refractivity contribution is -0.360. The lowest BCUT2D eigenvalue weighted by atomic mass is 9.95. The zero-order valence-electron chi connectivity index (χ0n) is 27.4. The predicted octanol–water partition coefficient (Wildman–Crippen LogP) is -2.31. The van der Waals surface area contributed by atoms with Crippen LogP contribution in [0.5, 0.6) is 23.0 Å². The van der Waals surface area contributed by atoms with E-state index in [1.165, 1.54) is 32.0 Å². The number of hydrogen-bond acceptors (Lipinski definition) is 18. The van der Waals surface area contributed by atoms with E-state index in [0.717, 1.165) is 6.07 Å². The molecule has 0 aromatic heterocycles. The van der Waals surface area contributed by atoms with E-state index in [1.54, 1.807) is 12.1 Å². The fraction of sp³-hybridized carbons (Fsp3) is 0.606. The van der Waals surface area contributed by atoms with Crippen LogP contribution in [0.25, 0.3) is 0 Å². The van der Waals surface area contributed by atoms with Gasteiger partial charge in [0.15, 0.2) is 24.5 Å². The maximum atomic E-state index is 13.1. The molecule has 0 amide bonds. The molecule has 4 aliphatic rings. The van der Waals surface area contributed by atoms with Crippen molar-refractivity contribution in [2.45, 2.75) is 118 Å². The second-order valence-corrected chi connectivity index (χ2v) is 13.1. The molecule has 2 aromatic rings. The van der Waals surface area contributed by atoms with E-state index in [0.29, 0.717) is 5.56 Å². The second kappa shape index (κ2) is 15.0. The van der Waals surface area contributed by atoms with Gasteiger partial charge in [-0.25, -0.2) is 0 Å².